The molecule has 1 aromatic rings. The Morgan fingerprint density at radius 2 is 2.15 bits per heavy atom. The molecule has 1 aliphatic carbocycles. The lowest BCUT2D eigenvalue weighted by molar-refractivity contribution is -0.118. The number of hydrogen-bond donors (Lipinski definition) is 1. The van der Waals surface area contributed by atoms with Crippen molar-refractivity contribution >= 4 is 5.91 Å². The molecule has 0 unspecified atom stereocenters. The molecular weight excluding hydrogens is 168 g/mol. The molecule has 0 spiro atoms. The SMILES string of the molecule is CC1(CC(=O)Nn2cnnc2)CC1. The van der Waals surface area contributed by atoms with Crippen molar-refractivity contribution in [2.75, 3.05) is 5.43 Å². The second-order valence-corrected chi connectivity index (χ2v) is 3.89. The minimum absolute atomic E-state index is 0.0276. The predicted molar refractivity (Wildman–Crippen MR) is 46.3 cm³/mol. The van der Waals surface area contributed by atoms with Crippen molar-refractivity contribution in [2.24, 2.45) is 5.41 Å². The third-order valence-electron chi connectivity index (χ3n) is 2.36. The maximum Gasteiger partial charge on any atom is 0.239 e. The van der Waals surface area contributed by atoms with Crippen LogP contribution in [-0.2, 0) is 4.79 Å². The summed E-state index contributed by atoms with van der Waals surface area (Å²) in [5.41, 5.74) is 2.92. The third-order valence-corrected chi connectivity index (χ3v) is 2.36. The van der Waals surface area contributed by atoms with Gasteiger partial charge in [-0.05, 0) is 18.3 Å². The van der Waals surface area contributed by atoms with Crippen molar-refractivity contribution in [3.63, 3.8) is 0 Å². The van der Waals surface area contributed by atoms with E-state index in [1.165, 1.54) is 17.3 Å². The molecule has 0 saturated heterocycles. The summed E-state index contributed by atoms with van der Waals surface area (Å²) in [6.07, 6.45) is 5.83. The highest BCUT2D eigenvalue weighted by atomic mass is 16.2. The predicted octanol–water partition coefficient (Wildman–Crippen LogP) is 0.538. The summed E-state index contributed by atoms with van der Waals surface area (Å²) in [4.78, 5) is 11.4. The van der Waals surface area contributed by atoms with Crippen molar-refractivity contribution in [1.82, 2.24) is 14.9 Å². The highest BCUT2D eigenvalue weighted by Crippen LogP contribution is 2.47. The van der Waals surface area contributed by atoms with E-state index in [1.807, 2.05) is 0 Å². The van der Waals surface area contributed by atoms with Crippen molar-refractivity contribution < 1.29 is 4.79 Å². The normalized spacial score (nSPS) is 18.2. The first-order chi connectivity index (χ1) is 6.18. The van der Waals surface area contributed by atoms with Crippen LogP contribution in [0.3, 0.4) is 0 Å². The highest BCUT2D eigenvalue weighted by Gasteiger charge is 2.39. The molecule has 2 rings (SSSR count). The molecule has 1 N–H and O–H groups in total. The molecule has 1 fully saturated rings. The number of aromatic nitrogens is 3. The number of rotatable bonds is 3. The van der Waals surface area contributed by atoms with Gasteiger partial charge in [0.2, 0.25) is 5.91 Å². The fourth-order valence-corrected chi connectivity index (χ4v) is 1.22. The fourth-order valence-electron chi connectivity index (χ4n) is 1.22. The summed E-state index contributed by atoms with van der Waals surface area (Å²) < 4.78 is 1.47. The average Bonchev–Trinajstić information content (AvgIpc) is 2.61. The quantitative estimate of drug-likeness (QED) is 0.738. The van der Waals surface area contributed by atoms with Gasteiger partial charge in [-0.1, -0.05) is 6.92 Å². The molecule has 1 saturated carbocycles. The van der Waals surface area contributed by atoms with Gasteiger partial charge in [-0.2, -0.15) is 0 Å². The van der Waals surface area contributed by atoms with Gasteiger partial charge in [0, 0.05) is 6.42 Å². The molecule has 0 aromatic carbocycles. The van der Waals surface area contributed by atoms with Gasteiger partial charge in [0.1, 0.15) is 12.7 Å². The molecule has 0 radical (unpaired) electrons. The maximum absolute atomic E-state index is 11.4. The summed E-state index contributed by atoms with van der Waals surface area (Å²) >= 11 is 0. The van der Waals surface area contributed by atoms with Crippen molar-refractivity contribution in [1.29, 1.82) is 0 Å². The van der Waals surface area contributed by atoms with E-state index in [9.17, 15) is 4.79 Å². The van der Waals surface area contributed by atoms with E-state index in [1.54, 1.807) is 0 Å². The van der Waals surface area contributed by atoms with Crippen LogP contribution in [0.5, 0.6) is 0 Å². The lowest BCUT2D eigenvalue weighted by Gasteiger charge is -2.08. The van der Waals surface area contributed by atoms with Gasteiger partial charge in [0.15, 0.2) is 0 Å². The summed E-state index contributed by atoms with van der Waals surface area (Å²) in [5.74, 6) is 0.0276. The standard InChI is InChI=1S/C8H12N4O/c1-8(2-3-8)4-7(13)11-12-5-9-10-6-12/h5-6H,2-4H2,1H3,(H,11,13). The van der Waals surface area contributed by atoms with Crippen molar-refractivity contribution in [3.05, 3.63) is 12.7 Å². The molecule has 0 atom stereocenters. The molecule has 5 nitrogen and oxygen atoms in total. The number of nitrogens with zero attached hydrogens (tertiary/aromatic N) is 3. The number of amides is 1. The third kappa shape index (κ3) is 2.05. The molecular formula is C8H12N4O. The van der Waals surface area contributed by atoms with Gasteiger partial charge in [-0.25, -0.2) is 4.68 Å². The van der Waals surface area contributed by atoms with Gasteiger partial charge in [-0.15, -0.1) is 10.2 Å². The first-order valence-electron chi connectivity index (χ1n) is 4.32. The van der Waals surface area contributed by atoms with E-state index in [0.29, 0.717) is 6.42 Å². The molecule has 0 bridgehead atoms. The van der Waals surface area contributed by atoms with Gasteiger partial charge < -0.3 is 0 Å². The molecule has 1 heterocycles. The number of carbonyl (C=O) groups is 1. The molecule has 5 heteroatoms. The van der Waals surface area contributed by atoms with E-state index >= 15 is 0 Å². The summed E-state index contributed by atoms with van der Waals surface area (Å²) in [7, 11) is 0. The Morgan fingerprint density at radius 1 is 1.54 bits per heavy atom. The van der Waals surface area contributed by atoms with E-state index in [4.69, 9.17) is 0 Å². The molecule has 13 heavy (non-hydrogen) atoms. The smallest absolute Gasteiger partial charge is 0.239 e. The van der Waals surface area contributed by atoms with E-state index in [2.05, 4.69) is 22.5 Å². The monoisotopic (exact) mass is 180 g/mol. The summed E-state index contributed by atoms with van der Waals surface area (Å²) in [6, 6.07) is 0. The van der Waals surface area contributed by atoms with E-state index in [0.717, 1.165) is 12.8 Å². The maximum atomic E-state index is 11.4. The van der Waals surface area contributed by atoms with Crippen molar-refractivity contribution in [3.8, 4) is 0 Å². The Morgan fingerprint density at radius 3 is 2.69 bits per heavy atom. The second kappa shape index (κ2) is 2.83. The molecule has 1 amide bonds. The Kier molecular flexibility index (Phi) is 1.79. The molecule has 1 aromatic heterocycles. The zero-order valence-corrected chi connectivity index (χ0v) is 7.53. The summed E-state index contributed by atoms with van der Waals surface area (Å²) in [5, 5.41) is 7.17. The zero-order chi connectivity index (χ0) is 9.31. The average molecular weight is 180 g/mol. The van der Waals surface area contributed by atoms with Gasteiger partial charge in [0.25, 0.3) is 0 Å². The van der Waals surface area contributed by atoms with Gasteiger partial charge in [0.05, 0.1) is 0 Å². The van der Waals surface area contributed by atoms with Crippen LogP contribution in [0.25, 0.3) is 0 Å². The Balaban J connectivity index is 1.85. The topological polar surface area (TPSA) is 59.8 Å². The van der Waals surface area contributed by atoms with Crippen LogP contribution < -0.4 is 5.43 Å². The van der Waals surface area contributed by atoms with Crippen LogP contribution in [0.15, 0.2) is 12.7 Å². The lowest BCUT2D eigenvalue weighted by Crippen LogP contribution is -2.23. The minimum atomic E-state index is 0.0276. The Bertz CT molecular complexity index is 302. The first-order valence-corrected chi connectivity index (χ1v) is 4.32. The number of nitrogens with one attached hydrogen (secondary N) is 1. The Labute approximate surface area is 76.1 Å². The van der Waals surface area contributed by atoms with Crippen LogP contribution >= 0.6 is 0 Å². The number of hydrogen-bond acceptors (Lipinski definition) is 3. The Hall–Kier alpha value is -1.39. The molecule has 1 aliphatic rings. The molecule has 0 aliphatic heterocycles. The molecule has 70 valence electrons. The van der Waals surface area contributed by atoms with Crippen LogP contribution in [0.1, 0.15) is 26.2 Å². The highest BCUT2D eigenvalue weighted by molar-refractivity contribution is 5.84. The van der Waals surface area contributed by atoms with Gasteiger partial charge in [-0.3, -0.25) is 10.2 Å². The van der Waals surface area contributed by atoms with Crippen LogP contribution in [0.2, 0.25) is 0 Å². The van der Waals surface area contributed by atoms with E-state index < -0.39 is 0 Å². The zero-order valence-electron chi connectivity index (χ0n) is 7.53. The van der Waals surface area contributed by atoms with E-state index in [-0.39, 0.29) is 11.3 Å². The number of carbonyl (C=O) groups excluding carboxylic acids is 1. The van der Waals surface area contributed by atoms with Crippen LogP contribution in [0, 0.1) is 5.41 Å². The van der Waals surface area contributed by atoms with Crippen LogP contribution in [-0.4, -0.2) is 20.8 Å². The fraction of sp³-hybridized carbons (Fsp3) is 0.625. The summed E-state index contributed by atoms with van der Waals surface area (Å²) in [6.45, 7) is 2.12. The van der Waals surface area contributed by atoms with Crippen molar-refractivity contribution in [2.45, 2.75) is 26.2 Å². The lowest BCUT2D eigenvalue weighted by atomic mass is 10.1. The largest absolute Gasteiger partial charge is 0.273 e. The minimum Gasteiger partial charge on any atom is -0.273 e. The van der Waals surface area contributed by atoms with Crippen LogP contribution in [0.4, 0.5) is 0 Å². The first kappa shape index (κ1) is 8.22. The van der Waals surface area contributed by atoms with Gasteiger partial charge >= 0.3 is 0 Å². The second-order valence-electron chi connectivity index (χ2n) is 3.89.